The van der Waals surface area contributed by atoms with Gasteiger partial charge in [0.1, 0.15) is 29.5 Å². The molecule has 0 aliphatic carbocycles. The van der Waals surface area contributed by atoms with Gasteiger partial charge in [-0.15, -0.1) is 16.0 Å². The highest BCUT2D eigenvalue weighted by molar-refractivity contribution is 7.10. The number of halogens is 2. The molecule has 5 rings (SSSR count). The molecule has 2 heterocycles. The SMILES string of the molecule is CCNCC(=O)Oc1c(C)cc(C[n+]2cnn(CC(O)(c3ccc(F)cc3F)C(C)c3nc(-c4ccc(C#N)cc4)cs3)c2)cc1C. The number of thiazole rings is 1. The summed E-state index contributed by atoms with van der Waals surface area (Å²) in [7, 11) is 0. The number of aryl methyl sites for hydroxylation is 2. The summed E-state index contributed by atoms with van der Waals surface area (Å²) in [6.45, 7) is 8.50. The molecule has 12 heteroatoms. The lowest BCUT2D eigenvalue weighted by Crippen LogP contribution is -2.39. The van der Waals surface area contributed by atoms with E-state index in [0.717, 1.165) is 34.4 Å². The number of likely N-dealkylation sites (N-methyl/N-ethyl adjacent to an activating group) is 1. The predicted molar refractivity (Wildman–Crippen MR) is 173 cm³/mol. The van der Waals surface area contributed by atoms with Gasteiger partial charge in [-0.05, 0) is 67.4 Å². The molecule has 2 aromatic heterocycles. The summed E-state index contributed by atoms with van der Waals surface area (Å²) in [5.41, 5.74) is 2.63. The monoisotopic (exact) mass is 657 g/mol. The minimum atomic E-state index is -1.85. The van der Waals surface area contributed by atoms with Gasteiger partial charge in [0.05, 0.1) is 35.4 Å². The van der Waals surface area contributed by atoms with E-state index in [1.807, 2.05) is 42.9 Å². The zero-order valence-corrected chi connectivity index (χ0v) is 27.3. The van der Waals surface area contributed by atoms with Crippen molar-refractivity contribution in [3.8, 4) is 23.1 Å². The summed E-state index contributed by atoms with van der Waals surface area (Å²) < 4.78 is 38.1. The van der Waals surface area contributed by atoms with Crippen LogP contribution in [0.1, 0.15) is 52.6 Å². The Hall–Kier alpha value is -4.83. The van der Waals surface area contributed by atoms with Gasteiger partial charge in [-0.2, -0.15) is 5.26 Å². The van der Waals surface area contributed by atoms with Gasteiger partial charge >= 0.3 is 5.97 Å². The third-order valence-electron chi connectivity index (χ3n) is 7.97. The Morgan fingerprint density at radius 3 is 2.55 bits per heavy atom. The van der Waals surface area contributed by atoms with Crippen LogP contribution in [0.4, 0.5) is 8.78 Å². The van der Waals surface area contributed by atoms with Gasteiger partial charge in [0.2, 0.25) is 6.33 Å². The second kappa shape index (κ2) is 14.3. The number of nitriles is 1. The van der Waals surface area contributed by atoms with Crippen molar-refractivity contribution < 1.29 is 28.0 Å². The maximum absolute atomic E-state index is 15.3. The predicted octanol–water partition coefficient (Wildman–Crippen LogP) is 5.32. The van der Waals surface area contributed by atoms with E-state index in [0.29, 0.717) is 35.1 Å². The lowest BCUT2D eigenvalue weighted by atomic mass is 9.82. The van der Waals surface area contributed by atoms with Gasteiger partial charge in [-0.1, -0.05) is 32.0 Å². The molecule has 0 radical (unpaired) electrons. The van der Waals surface area contributed by atoms with Gasteiger partial charge in [-0.25, -0.2) is 18.3 Å². The lowest BCUT2D eigenvalue weighted by molar-refractivity contribution is -0.689. The quantitative estimate of drug-likeness (QED) is 0.106. The number of hydrogen-bond acceptors (Lipinski definition) is 8. The van der Waals surface area contributed by atoms with E-state index in [-0.39, 0.29) is 24.6 Å². The first-order valence-corrected chi connectivity index (χ1v) is 16.0. The Labute approximate surface area is 275 Å². The smallest absolute Gasteiger partial charge is 0.325 e. The molecule has 0 amide bonds. The molecule has 0 saturated carbocycles. The van der Waals surface area contributed by atoms with Gasteiger partial charge in [-0.3, -0.25) is 4.79 Å². The number of carbonyl (C=O) groups is 1. The van der Waals surface area contributed by atoms with Crippen molar-refractivity contribution in [3.63, 3.8) is 0 Å². The van der Waals surface area contributed by atoms with Gasteiger partial charge in [0.15, 0.2) is 0 Å². The summed E-state index contributed by atoms with van der Waals surface area (Å²) in [6, 6.07) is 16.1. The zero-order chi connectivity index (χ0) is 33.7. The number of ether oxygens (including phenoxy) is 1. The van der Waals surface area contributed by atoms with E-state index in [1.54, 1.807) is 43.8 Å². The lowest BCUT2D eigenvalue weighted by Gasteiger charge is -2.32. The molecule has 3 aromatic carbocycles. The molecular weight excluding hydrogens is 622 g/mol. The van der Waals surface area contributed by atoms with Crippen LogP contribution in [-0.4, -0.2) is 38.9 Å². The second-order valence-corrected chi connectivity index (χ2v) is 12.3. The van der Waals surface area contributed by atoms with Crippen LogP contribution in [0.3, 0.4) is 0 Å². The first-order valence-electron chi connectivity index (χ1n) is 15.1. The number of esters is 1. The van der Waals surface area contributed by atoms with Crippen LogP contribution in [0.2, 0.25) is 0 Å². The minimum absolute atomic E-state index is 0.0749. The number of nitrogens with zero attached hydrogens (tertiary/aromatic N) is 5. The fraction of sp³-hybridized carbons (Fsp3) is 0.286. The molecule has 2 atom stereocenters. The highest BCUT2D eigenvalue weighted by atomic mass is 32.1. The topological polar surface area (TPSA) is 117 Å². The molecular formula is C35H35F2N6O3S+. The summed E-state index contributed by atoms with van der Waals surface area (Å²) in [5.74, 6) is -2.17. The van der Waals surface area contributed by atoms with Gasteiger partial charge in [0.25, 0.3) is 6.33 Å². The van der Waals surface area contributed by atoms with E-state index in [1.165, 1.54) is 22.1 Å². The molecule has 2 N–H and O–H groups in total. The number of aromatic nitrogens is 4. The molecule has 47 heavy (non-hydrogen) atoms. The number of hydrogen-bond donors (Lipinski definition) is 2. The van der Waals surface area contributed by atoms with Gasteiger partial charge < -0.3 is 15.2 Å². The van der Waals surface area contributed by atoms with Crippen molar-refractivity contribution in [1.29, 1.82) is 5.26 Å². The maximum Gasteiger partial charge on any atom is 0.325 e. The normalized spacial score (nSPS) is 13.1. The molecule has 242 valence electrons. The Balaban J connectivity index is 1.40. The highest BCUT2D eigenvalue weighted by Gasteiger charge is 2.43. The molecule has 9 nitrogen and oxygen atoms in total. The van der Waals surface area contributed by atoms with Crippen LogP contribution in [0.25, 0.3) is 11.3 Å². The average molecular weight is 658 g/mol. The molecule has 0 spiro atoms. The average Bonchev–Trinajstić information content (AvgIpc) is 3.71. The number of nitrogens with one attached hydrogen (secondary N) is 1. The van der Waals surface area contributed by atoms with Gasteiger partial charge in [0, 0.05) is 33.6 Å². The van der Waals surface area contributed by atoms with Crippen molar-refractivity contribution in [3.05, 3.63) is 117 Å². The van der Waals surface area contributed by atoms with E-state index >= 15 is 4.39 Å². The Morgan fingerprint density at radius 2 is 1.89 bits per heavy atom. The maximum atomic E-state index is 15.3. The first-order chi connectivity index (χ1) is 22.5. The van der Waals surface area contributed by atoms with Crippen molar-refractivity contribution in [2.24, 2.45) is 0 Å². The fourth-order valence-corrected chi connectivity index (χ4v) is 6.46. The van der Waals surface area contributed by atoms with E-state index in [2.05, 4.69) is 16.5 Å². The largest absolute Gasteiger partial charge is 0.425 e. The zero-order valence-electron chi connectivity index (χ0n) is 26.5. The number of benzene rings is 3. The fourth-order valence-electron chi connectivity index (χ4n) is 5.49. The number of aliphatic hydroxyl groups is 1. The minimum Gasteiger partial charge on any atom is -0.425 e. The second-order valence-electron chi connectivity index (χ2n) is 11.5. The Bertz CT molecular complexity index is 1910. The number of carbonyl (C=O) groups excluding carboxylic acids is 1. The molecule has 0 saturated heterocycles. The molecule has 0 bridgehead atoms. The standard InChI is InChI=1S/C35H35F2N6O3S/c1-5-39-16-32(44)46-33-22(2)12-26(13-23(33)3)17-42-20-40-43(21-42)19-35(45,29-11-10-28(36)14-30(29)37)24(4)34-41-31(18-47-34)27-8-6-25(15-38)7-9-27/h6-14,18,20-21,24,39,45H,5,16-17,19H2,1-4H3/q+1. The molecule has 5 aromatic rings. The van der Waals surface area contributed by atoms with Crippen LogP contribution >= 0.6 is 11.3 Å². The summed E-state index contributed by atoms with van der Waals surface area (Å²) >= 11 is 1.32. The van der Waals surface area contributed by atoms with E-state index < -0.39 is 23.2 Å². The third-order valence-corrected chi connectivity index (χ3v) is 9.00. The summed E-state index contributed by atoms with van der Waals surface area (Å²) in [5, 5.41) is 31.2. The highest BCUT2D eigenvalue weighted by Crippen LogP contribution is 2.41. The third kappa shape index (κ3) is 7.60. The van der Waals surface area contributed by atoms with Crippen LogP contribution in [0, 0.1) is 36.8 Å². The molecule has 0 aliphatic rings. The van der Waals surface area contributed by atoms with Crippen molar-refractivity contribution in [2.75, 3.05) is 13.1 Å². The number of rotatable bonds is 12. The van der Waals surface area contributed by atoms with Crippen LogP contribution in [-0.2, 0) is 23.5 Å². The van der Waals surface area contributed by atoms with Crippen molar-refractivity contribution in [2.45, 2.75) is 52.3 Å². The van der Waals surface area contributed by atoms with E-state index in [9.17, 15) is 14.3 Å². The van der Waals surface area contributed by atoms with Crippen molar-refractivity contribution in [1.82, 2.24) is 20.1 Å². The van der Waals surface area contributed by atoms with Crippen molar-refractivity contribution >= 4 is 17.3 Å². The molecule has 0 fully saturated rings. The Kier molecular flexibility index (Phi) is 10.2. The molecule has 2 unspecified atom stereocenters. The molecule has 0 aliphatic heterocycles. The summed E-state index contributed by atoms with van der Waals surface area (Å²) in [6.07, 6.45) is 3.31. The first kappa shape index (κ1) is 33.5. The van der Waals surface area contributed by atoms with Crippen LogP contribution in [0.5, 0.6) is 5.75 Å². The van der Waals surface area contributed by atoms with Crippen LogP contribution in [0.15, 0.2) is 72.6 Å². The van der Waals surface area contributed by atoms with E-state index in [4.69, 9.17) is 15.0 Å². The summed E-state index contributed by atoms with van der Waals surface area (Å²) in [4.78, 5) is 16.9. The Morgan fingerprint density at radius 1 is 1.17 bits per heavy atom. The van der Waals surface area contributed by atoms with Crippen LogP contribution < -0.4 is 14.6 Å².